The monoisotopic (exact) mass is 919 g/mol. The summed E-state index contributed by atoms with van der Waals surface area (Å²) in [5, 5.41) is 17.6. The minimum atomic E-state index is -1.05. The quantitative estimate of drug-likeness (QED) is 0.0435. The highest BCUT2D eigenvalue weighted by atomic mass is 32.1. The number of imide groups is 1. The van der Waals surface area contributed by atoms with Gasteiger partial charge in [-0.1, -0.05) is 43.7 Å². The molecule has 10 amide bonds. The molecule has 0 fully saturated rings. The van der Waals surface area contributed by atoms with Gasteiger partial charge in [0.25, 0.3) is 11.8 Å². The van der Waals surface area contributed by atoms with Crippen molar-refractivity contribution in [1.82, 2.24) is 41.0 Å². The number of ether oxygens (including phenoxy) is 1. The molecule has 0 radical (unpaired) electrons. The van der Waals surface area contributed by atoms with Crippen molar-refractivity contribution in [3.8, 4) is 0 Å². The number of nitrogens with two attached hydrogens (primary N) is 1. The van der Waals surface area contributed by atoms with Gasteiger partial charge in [0.05, 0.1) is 19.9 Å². The molecule has 0 bridgehead atoms. The zero-order chi connectivity index (χ0) is 46.3. The van der Waals surface area contributed by atoms with Gasteiger partial charge in [-0.3, -0.25) is 34.2 Å². The third-order valence-electron chi connectivity index (χ3n) is 9.92. The average molecular weight is 920 g/mol. The van der Waals surface area contributed by atoms with Crippen molar-refractivity contribution in [3.63, 3.8) is 0 Å². The predicted octanol–water partition coefficient (Wildman–Crippen LogP) is 4.10. The van der Waals surface area contributed by atoms with Gasteiger partial charge >= 0.3 is 18.2 Å². The number of anilines is 2. The number of amides is 10. The smallest absolute Gasteiger partial charge is 0.409 e. The number of likely N-dealkylation sites (N-methyl/N-ethyl adjacent to an activating group) is 1. The Morgan fingerprint density at radius 1 is 0.844 bits per heavy atom. The van der Waals surface area contributed by atoms with Crippen molar-refractivity contribution in [1.29, 1.82) is 0 Å². The van der Waals surface area contributed by atoms with Crippen LogP contribution in [0.4, 0.5) is 25.2 Å². The molecule has 0 saturated heterocycles. The van der Waals surface area contributed by atoms with Crippen LogP contribution in [0.25, 0.3) is 20.4 Å². The first-order chi connectivity index (χ1) is 30.6. The summed E-state index contributed by atoms with van der Waals surface area (Å²) in [5.74, 6) is -2.51. The number of aryl methyl sites for hydroxylation is 1. The summed E-state index contributed by atoms with van der Waals surface area (Å²) in [6.07, 6.45) is 3.97. The average Bonchev–Trinajstić information content (AvgIpc) is 3.94. The Hall–Kier alpha value is -6.68. The van der Waals surface area contributed by atoms with E-state index in [9.17, 15) is 38.4 Å². The zero-order valence-corrected chi connectivity index (χ0v) is 37.6. The number of nitrogens with zero attached hydrogens (tertiary/aromatic N) is 4. The second kappa shape index (κ2) is 23.1. The summed E-state index contributed by atoms with van der Waals surface area (Å²) >= 11 is 2.93. The van der Waals surface area contributed by atoms with E-state index in [4.69, 9.17) is 10.5 Å². The van der Waals surface area contributed by atoms with Gasteiger partial charge in [-0.2, -0.15) is 0 Å². The van der Waals surface area contributed by atoms with Gasteiger partial charge in [-0.05, 0) is 68.4 Å². The van der Waals surface area contributed by atoms with E-state index in [1.165, 1.54) is 28.4 Å². The van der Waals surface area contributed by atoms with Crippen molar-refractivity contribution >= 4 is 102 Å². The molecule has 0 unspecified atom stereocenters. The Kier molecular flexibility index (Phi) is 17.5. The Labute approximate surface area is 377 Å². The van der Waals surface area contributed by atoms with Gasteiger partial charge in [0, 0.05) is 57.5 Å². The van der Waals surface area contributed by atoms with Crippen molar-refractivity contribution in [2.75, 3.05) is 43.9 Å². The molecule has 1 aliphatic rings. The molecule has 2 atom stereocenters. The van der Waals surface area contributed by atoms with E-state index in [1.807, 2.05) is 19.1 Å². The number of carbonyl (C=O) groups excluding carboxylic acids is 8. The van der Waals surface area contributed by atoms with E-state index in [2.05, 4.69) is 41.9 Å². The normalized spacial score (nSPS) is 13.2. The van der Waals surface area contributed by atoms with E-state index in [1.54, 1.807) is 56.5 Å². The summed E-state index contributed by atoms with van der Waals surface area (Å²) in [7, 11) is 1.54. The largest absolute Gasteiger partial charge is 0.445 e. The third-order valence-corrected chi connectivity index (χ3v) is 11.9. The zero-order valence-electron chi connectivity index (χ0n) is 36.0. The number of unbranched alkanes of at least 4 members (excludes halogenated alkanes) is 2. The molecule has 0 spiro atoms. The van der Waals surface area contributed by atoms with Crippen LogP contribution >= 0.6 is 22.7 Å². The van der Waals surface area contributed by atoms with Crippen LogP contribution in [-0.2, 0) is 35.3 Å². The van der Waals surface area contributed by atoms with E-state index in [-0.39, 0.29) is 69.3 Å². The molecule has 5 rings (SSSR count). The Bertz CT molecular complexity index is 2360. The van der Waals surface area contributed by atoms with Crippen LogP contribution in [0, 0.1) is 12.8 Å². The molecule has 3 heterocycles. The molecule has 4 aromatic rings. The maximum Gasteiger partial charge on any atom is 0.409 e. The third kappa shape index (κ3) is 14.2. The number of benzene rings is 2. The first-order valence-electron chi connectivity index (χ1n) is 20.7. The molecule has 0 aliphatic carbocycles. The van der Waals surface area contributed by atoms with Crippen LogP contribution < -0.4 is 37.6 Å². The van der Waals surface area contributed by atoms with E-state index >= 15 is 0 Å². The second-order valence-electron chi connectivity index (χ2n) is 15.3. The molecular formula is C42H53N11O9S2. The van der Waals surface area contributed by atoms with Crippen molar-refractivity contribution in [2.45, 2.75) is 78.0 Å². The predicted molar refractivity (Wildman–Crippen MR) is 242 cm³/mol. The molecule has 342 valence electrons. The number of primary amides is 1. The standard InChI is InChI=1S/C42H53N11O9S2/c1-24(2)34(50-31(54)10-6-5-7-21-53-32(55)17-18-33(53)56)38(58)48-29(9-8-19-44-39(43)59)37(57)47-27-13-11-26(12-14-27)23-62-42(61)52(4)22-20-45-40(60)51-41-49-28-15-16-30-35(36(28)64-41)46-25(3)63-30/h11-18,24,29,34H,5-10,19-23H2,1-4H3,(H,47,57)(H,48,58)(H,50,54)(H3,43,44,59)(H2,45,49,51,60)/t29-,34-/m0/s1. The van der Waals surface area contributed by atoms with Crippen LogP contribution in [0.5, 0.6) is 0 Å². The highest BCUT2D eigenvalue weighted by molar-refractivity contribution is 7.24. The number of hydrogen-bond acceptors (Lipinski definition) is 13. The van der Waals surface area contributed by atoms with Crippen LogP contribution in [0.15, 0.2) is 48.6 Å². The van der Waals surface area contributed by atoms with Gasteiger partial charge in [0.15, 0.2) is 5.13 Å². The Morgan fingerprint density at radius 2 is 1.58 bits per heavy atom. The summed E-state index contributed by atoms with van der Waals surface area (Å²) < 4.78 is 7.38. The topological polar surface area (TPSA) is 276 Å². The first kappa shape index (κ1) is 48.4. The molecule has 22 heteroatoms. The van der Waals surface area contributed by atoms with E-state index in [0.29, 0.717) is 42.1 Å². The summed E-state index contributed by atoms with van der Waals surface area (Å²) in [4.78, 5) is 111. The molecule has 2 aromatic carbocycles. The lowest BCUT2D eigenvalue weighted by atomic mass is 10.0. The Morgan fingerprint density at radius 3 is 2.28 bits per heavy atom. The van der Waals surface area contributed by atoms with E-state index < -0.39 is 42.1 Å². The highest BCUT2D eigenvalue weighted by Crippen LogP contribution is 2.34. The second-order valence-corrected chi connectivity index (χ2v) is 17.5. The van der Waals surface area contributed by atoms with Crippen molar-refractivity contribution in [2.24, 2.45) is 11.7 Å². The fourth-order valence-electron chi connectivity index (χ4n) is 6.49. The molecule has 8 N–H and O–H groups in total. The molecule has 0 saturated carbocycles. The van der Waals surface area contributed by atoms with Crippen molar-refractivity contribution in [3.05, 3.63) is 59.1 Å². The number of fused-ring (bicyclic) bond motifs is 3. The number of carbonyl (C=O) groups is 8. The fourth-order valence-corrected chi connectivity index (χ4v) is 8.34. The SMILES string of the molecule is Cc1nc2c(ccc3nc(NC(=O)NCCN(C)C(=O)OCc4ccc(NC(=O)[C@H](CCCNC(N)=O)NC(=O)[C@@H](NC(=O)CCCCCN5C(=O)C=CC5=O)C(C)C)cc4)sc32)s1. The van der Waals surface area contributed by atoms with Crippen LogP contribution in [0.1, 0.15) is 62.9 Å². The molecule has 2 aromatic heterocycles. The number of thiazole rings is 2. The molecule has 1 aliphatic heterocycles. The number of nitrogens with one attached hydrogen (secondary N) is 6. The summed E-state index contributed by atoms with van der Waals surface area (Å²) in [6, 6.07) is 7.21. The lowest BCUT2D eigenvalue weighted by Crippen LogP contribution is -2.54. The maximum absolute atomic E-state index is 13.5. The van der Waals surface area contributed by atoms with Gasteiger partial charge in [0.2, 0.25) is 17.7 Å². The fraction of sp³-hybridized carbons (Fsp3) is 0.429. The van der Waals surface area contributed by atoms with Crippen LogP contribution in [0.3, 0.4) is 0 Å². The maximum atomic E-state index is 13.5. The highest BCUT2D eigenvalue weighted by Gasteiger charge is 2.29. The molecule has 64 heavy (non-hydrogen) atoms. The lowest BCUT2D eigenvalue weighted by molar-refractivity contribution is -0.137. The number of rotatable bonds is 22. The van der Waals surface area contributed by atoms with Gasteiger partial charge in [0.1, 0.15) is 24.2 Å². The van der Waals surface area contributed by atoms with E-state index in [0.717, 1.165) is 30.3 Å². The minimum Gasteiger partial charge on any atom is -0.445 e. The molecule has 20 nitrogen and oxygen atoms in total. The first-order valence-corrected chi connectivity index (χ1v) is 22.4. The number of urea groups is 2. The lowest BCUT2D eigenvalue weighted by Gasteiger charge is -2.25. The van der Waals surface area contributed by atoms with Gasteiger partial charge in [-0.15, -0.1) is 11.3 Å². The van der Waals surface area contributed by atoms with Crippen LogP contribution in [-0.4, -0.2) is 113 Å². The summed E-state index contributed by atoms with van der Waals surface area (Å²) in [5.41, 5.74) is 7.81. The Balaban J connectivity index is 1.04. The number of hydrogen-bond donors (Lipinski definition) is 7. The minimum absolute atomic E-state index is 0.0686. The van der Waals surface area contributed by atoms with Crippen molar-refractivity contribution < 1.29 is 43.1 Å². The van der Waals surface area contributed by atoms with Gasteiger partial charge < -0.3 is 42.0 Å². The van der Waals surface area contributed by atoms with Crippen LogP contribution in [0.2, 0.25) is 0 Å². The molecular weight excluding hydrogens is 867 g/mol. The van der Waals surface area contributed by atoms with Gasteiger partial charge in [-0.25, -0.2) is 24.4 Å². The number of aromatic nitrogens is 2. The summed E-state index contributed by atoms with van der Waals surface area (Å²) in [6.45, 7) is 6.13.